The lowest BCUT2D eigenvalue weighted by Crippen LogP contribution is -2.20. The molecule has 6 heteroatoms. The van der Waals surface area contributed by atoms with Gasteiger partial charge in [-0.25, -0.2) is 0 Å². The van der Waals surface area contributed by atoms with Crippen LogP contribution in [-0.2, 0) is 12.6 Å². The summed E-state index contributed by atoms with van der Waals surface area (Å²) >= 11 is 0. The molecule has 0 aliphatic heterocycles. The third kappa shape index (κ3) is 4.03. The fourth-order valence-electron chi connectivity index (χ4n) is 1.67. The number of benzene rings is 1. The fourth-order valence-corrected chi connectivity index (χ4v) is 1.67. The minimum atomic E-state index is -4.41. The van der Waals surface area contributed by atoms with Gasteiger partial charge in [-0.15, -0.1) is 0 Å². The van der Waals surface area contributed by atoms with Gasteiger partial charge in [0.15, 0.2) is 0 Å². The van der Waals surface area contributed by atoms with Crippen LogP contribution < -0.4 is 4.74 Å². The van der Waals surface area contributed by atoms with Crippen LogP contribution in [-0.4, -0.2) is 17.8 Å². The number of ether oxygens (including phenoxy) is 1. The largest absolute Gasteiger partial charge is 0.491 e. The first-order valence-corrected chi connectivity index (χ1v) is 5.95. The first-order valence-electron chi connectivity index (χ1n) is 5.95. The summed E-state index contributed by atoms with van der Waals surface area (Å²) in [6, 6.07) is 7.93. The molecule has 2 rings (SSSR count). The quantitative estimate of drug-likeness (QED) is 0.917. The Morgan fingerprint density at radius 1 is 1.20 bits per heavy atom. The lowest BCUT2D eigenvalue weighted by atomic mass is 10.2. The van der Waals surface area contributed by atoms with E-state index in [-0.39, 0.29) is 18.8 Å². The van der Waals surface area contributed by atoms with E-state index in [1.807, 2.05) is 0 Å². The van der Waals surface area contributed by atoms with E-state index >= 15 is 0 Å². The maximum absolute atomic E-state index is 12.5. The molecule has 0 spiro atoms. The van der Waals surface area contributed by atoms with E-state index in [9.17, 15) is 18.3 Å². The summed E-state index contributed by atoms with van der Waals surface area (Å²) in [5.74, 6) is 0.656. The van der Waals surface area contributed by atoms with Crippen LogP contribution in [0.15, 0.2) is 47.1 Å². The van der Waals surface area contributed by atoms with Crippen molar-refractivity contribution in [3.05, 3.63) is 54.0 Å². The molecule has 3 nitrogen and oxygen atoms in total. The van der Waals surface area contributed by atoms with Crippen LogP contribution in [0.4, 0.5) is 13.2 Å². The van der Waals surface area contributed by atoms with Gasteiger partial charge >= 0.3 is 6.18 Å². The molecule has 1 N–H and O–H groups in total. The monoisotopic (exact) mass is 286 g/mol. The molecule has 2 aromatic rings. The maximum Gasteiger partial charge on any atom is 0.416 e. The summed E-state index contributed by atoms with van der Waals surface area (Å²) in [5, 5.41) is 9.70. The van der Waals surface area contributed by atoms with Gasteiger partial charge in [0.1, 0.15) is 18.1 Å². The molecule has 0 saturated heterocycles. The number of hydrogen-bond acceptors (Lipinski definition) is 3. The van der Waals surface area contributed by atoms with E-state index in [1.54, 1.807) is 12.1 Å². The SMILES string of the molecule is OC(COc1cccc(C(F)(F)F)c1)Cc1ccco1. The second-order valence-electron chi connectivity index (χ2n) is 4.27. The van der Waals surface area contributed by atoms with Crippen LogP contribution in [0.25, 0.3) is 0 Å². The summed E-state index contributed by atoms with van der Waals surface area (Å²) in [6.07, 6.45) is -3.54. The van der Waals surface area contributed by atoms with Gasteiger partial charge in [0.2, 0.25) is 0 Å². The Balaban J connectivity index is 1.90. The number of alkyl halides is 3. The zero-order valence-corrected chi connectivity index (χ0v) is 10.4. The standard InChI is InChI=1S/C14H13F3O3/c15-14(16,17)10-3-1-4-12(7-10)20-9-11(18)8-13-5-2-6-19-13/h1-7,11,18H,8-9H2. The normalized spacial score (nSPS) is 13.2. The van der Waals surface area contributed by atoms with E-state index in [0.29, 0.717) is 5.76 Å². The second kappa shape index (κ2) is 6.00. The molecule has 1 unspecified atom stereocenters. The first-order chi connectivity index (χ1) is 9.45. The predicted molar refractivity (Wildman–Crippen MR) is 65.4 cm³/mol. The zero-order valence-electron chi connectivity index (χ0n) is 10.4. The van der Waals surface area contributed by atoms with Gasteiger partial charge in [0.05, 0.1) is 17.9 Å². The molecule has 0 aliphatic rings. The Bertz CT molecular complexity index is 535. The number of aliphatic hydroxyl groups is 1. The molecule has 1 aromatic heterocycles. The predicted octanol–water partition coefficient (Wildman–Crippen LogP) is 3.28. The van der Waals surface area contributed by atoms with Crippen molar-refractivity contribution in [3.63, 3.8) is 0 Å². The number of hydrogen-bond donors (Lipinski definition) is 1. The number of rotatable bonds is 5. The average molecular weight is 286 g/mol. The second-order valence-corrected chi connectivity index (χ2v) is 4.27. The van der Waals surface area contributed by atoms with Gasteiger partial charge in [0.25, 0.3) is 0 Å². The summed E-state index contributed by atoms with van der Waals surface area (Å²) in [4.78, 5) is 0. The topological polar surface area (TPSA) is 42.6 Å². The lowest BCUT2D eigenvalue weighted by molar-refractivity contribution is -0.137. The Kier molecular flexibility index (Phi) is 4.34. The molecule has 1 heterocycles. The smallest absolute Gasteiger partial charge is 0.416 e. The minimum absolute atomic E-state index is 0.0679. The Labute approximate surface area is 113 Å². The highest BCUT2D eigenvalue weighted by Gasteiger charge is 2.30. The molecule has 1 atom stereocenters. The lowest BCUT2D eigenvalue weighted by Gasteiger charge is -2.13. The summed E-state index contributed by atoms with van der Waals surface area (Å²) in [6.45, 7) is -0.109. The van der Waals surface area contributed by atoms with E-state index in [1.165, 1.54) is 18.4 Å². The number of aliphatic hydroxyl groups excluding tert-OH is 1. The van der Waals surface area contributed by atoms with Crippen LogP contribution >= 0.6 is 0 Å². The molecule has 1 aromatic carbocycles. The summed E-state index contributed by atoms with van der Waals surface area (Å²) in [7, 11) is 0. The molecule has 0 fully saturated rings. The van der Waals surface area contributed by atoms with Gasteiger partial charge in [-0.1, -0.05) is 6.07 Å². The van der Waals surface area contributed by atoms with Crippen molar-refractivity contribution in [2.24, 2.45) is 0 Å². The van der Waals surface area contributed by atoms with Crippen LogP contribution in [0.2, 0.25) is 0 Å². The molecule has 0 amide bonds. The van der Waals surface area contributed by atoms with Crippen molar-refractivity contribution >= 4 is 0 Å². The van der Waals surface area contributed by atoms with Crippen molar-refractivity contribution in [1.29, 1.82) is 0 Å². The highest BCUT2D eigenvalue weighted by atomic mass is 19.4. The molecule has 0 saturated carbocycles. The molecular formula is C14H13F3O3. The first kappa shape index (κ1) is 14.5. The van der Waals surface area contributed by atoms with Gasteiger partial charge in [-0.3, -0.25) is 0 Å². The van der Waals surface area contributed by atoms with E-state index < -0.39 is 17.8 Å². The van der Waals surface area contributed by atoms with Crippen LogP contribution in [0.3, 0.4) is 0 Å². The molecule has 20 heavy (non-hydrogen) atoms. The van der Waals surface area contributed by atoms with Gasteiger partial charge in [0, 0.05) is 6.42 Å². The van der Waals surface area contributed by atoms with Crippen LogP contribution in [0, 0.1) is 0 Å². The van der Waals surface area contributed by atoms with Gasteiger partial charge < -0.3 is 14.3 Å². The average Bonchev–Trinajstić information content (AvgIpc) is 2.88. The third-order valence-electron chi connectivity index (χ3n) is 2.62. The third-order valence-corrected chi connectivity index (χ3v) is 2.62. The van der Waals surface area contributed by atoms with E-state index in [4.69, 9.17) is 9.15 Å². The maximum atomic E-state index is 12.5. The molecular weight excluding hydrogens is 273 g/mol. The van der Waals surface area contributed by atoms with Crippen molar-refractivity contribution < 1.29 is 27.4 Å². The van der Waals surface area contributed by atoms with E-state index in [0.717, 1.165) is 12.1 Å². The van der Waals surface area contributed by atoms with Crippen LogP contribution in [0.1, 0.15) is 11.3 Å². The summed E-state index contributed by atoms with van der Waals surface area (Å²) < 4.78 is 47.7. The Morgan fingerprint density at radius 2 is 2.00 bits per heavy atom. The Morgan fingerprint density at radius 3 is 2.65 bits per heavy atom. The fraction of sp³-hybridized carbons (Fsp3) is 0.286. The van der Waals surface area contributed by atoms with Gasteiger partial charge in [-0.05, 0) is 30.3 Å². The molecule has 0 bridgehead atoms. The number of furan rings is 1. The molecule has 0 aliphatic carbocycles. The summed E-state index contributed by atoms with van der Waals surface area (Å²) in [5.41, 5.74) is -0.782. The molecule has 0 radical (unpaired) electrons. The Hall–Kier alpha value is -1.95. The van der Waals surface area contributed by atoms with Gasteiger partial charge in [-0.2, -0.15) is 13.2 Å². The minimum Gasteiger partial charge on any atom is -0.491 e. The zero-order chi connectivity index (χ0) is 14.6. The van der Waals surface area contributed by atoms with Crippen molar-refractivity contribution in [2.45, 2.75) is 18.7 Å². The highest BCUT2D eigenvalue weighted by molar-refractivity contribution is 5.30. The van der Waals surface area contributed by atoms with Crippen molar-refractivity contribution in [3.8, 4) is 5.75 Å². The van der Waals surface area contributed by atoms with E-state index in [2.05, 4.69) is 0 Å². The van der Waals surface area contributed by atoms with Crippen molar-refractivity contribution in [1.82, 2.24) is 0 Å². The van der Waals surface area contributed by atoms with Crippen molar-refractivity contribution in [2.75, 3.05) is 6.61 Å². The van der Waals surface area contributed by atoms with Crippen LogP contribution in [0.5, 0.6) is 5.75 Å². The molecule has 108 valence electrons. The highest BCUT2D eigenvalue weighted by Crippen LogP contribution is 2.31. The number of halogens is 3.